The van der Waals surface area contributed by atoms with Crippen LogP contribution in [0.2, 0.25) is 0 Å². The van der Waals surface area contributed by atoms with Gasteiger partial charge in [-0.15, -0.1) is 0 Å². The van der Waals surface area contributed by atoms with Crippen molar-refractivity contribution < 1.29 is 4.79 Å². The van der Waals surface area contributed by atoms with E-state index in [1.165, 1.54) is 12.8 Å². The van der Waals surface area contributed by atoms with E-state index in [1.807, 2.05) is 77.8 Å². The summed E-state index contributed by atoms with van der Waals surface area (Å²) < 4.78 is 0. The average molecular weight is 436 g/mol. The fourth-order valence-electron chi connectivity index (χ4n) is 4.52. The zero-order chi connectivity index (χ0) is 22.2. The van der Waals surface area contributed by atoms with E-state index >= 15 is 0 Å². The summed E-state index contributed by atoms with van der Waals surface area (Å²) >= 11 is 0. The average Bonchev–Trinajstić information content (AvgIpc) is 3.74. The van der Waals surface area contributed by atoms with Gasteiger partial charge < -0.3 is 9.80 Å². The molecule has 1 amide bonds. The molecule has 4 aromatic rings. The number of rotatable bonds is 4. The Balaban J connectivity index is 1.21. The van der Waals surface area contributed by atoms with Crippen LogP contribution in [0.4, 0.5) is 5.82 Å². The number of carbonyl (C=O) groups is 1. The van der Waals surface area contributed by atoms with E-state index in [0.29, 0.717) is 19.0 Å². The van der Waals surface area contributed by atoms with E-state index in [9.17, 15) is 4.79 Å². The second kappa shape index (κ2) is 8.28. The van der Waals surface area contributed by atoms with E-state index in [1.54, 1.807) is 0 Å². The minimum absolute atomic E-state index is 0.0998. The monoisotopic (exact) mass is 435 g/mol. The molecule has 0 N–H and O–H groups in total. The van der Waals surface area contributed by atoms with Gasteiger partial charge in [-0.1, -0.05) is 48.5 Å². The number of pyridine rings is 1. The highest BCUT2D eigenvalue weighted by atomic mass is 16.2. The van der Waals surface area contributed by atoms with Crippen LogP contribution in [-0.2, 0) is 0 Å². The molecular formula is C27H25N5O. The molecule has 2 fully saturated rings. The van der Waals surface area contributed by atoms with Crippen LogP contribution in [0, 0.1) is 0 Å². The molecule has 0 bridgehead atoms. The van der Waals surface area contributed by atoms with Crippen LogP contribution in [0.25, 0.3) is 22.3 Å². The molecule has 1 saturated carbocycles. The number of nitrogens with zero attached hydrogens (tertiary/aromatic N) is 5. The number of piperazine rings is 1. The maximum atomic E-state index is 13.5. The number of aromatic nitrogens is 3. The molecule has 3 heterocycles. The summed E-state index contributed by atoms with van der Waals surface area (Å²) in [4.78, 5) is 31.8. The lowest BCUT2D eigenvalue weighted by molar-refractivity contribution is 0.0748. The number of amides is 1. The third-order valence-corrected chi connectivity index (χ3v) is 6.53. The van der Waals surface area contributed by atoms with E-state index in [-0.39, 0.29) is 5.91 Å². The Morgan fingerprint density at radius 2 is 1.61 bits per heavy atom. The molecule has 33 heavy (non-hydrogen) atoms. The maximum absolute atomic E-state index is 13.5. The summed E-state index contributed by atoms with van der Waals surface area (Å²) in [6.07, 6.45) is 4.15. The molecule has 2 aromatic carbocycles. The quantitative estimate of drug-likeness (QED) is 0.471. The first-order valence-electron chi connectivity index (χ1n) is 11.6. The van der Waals surface area contributed by atoms with Gasteiger partial charge in [0.2, 0.25) is 0 Å². The van der Waals surface area contributed by atoms with Gasteiger partial charge in [-0.2, -0.15) is 0 Å². The standard InChI is InChI=1S/C27H25N5O/c33-27(22-18-24(19-10-11-19)29-23-9-5-4-8-21(22)23)32-16-14-31(15-17-32)25-12-13-28-26(30-25)20-6-2-1-3-7-20/h1-9,12-13,18-19H,10-11,14-17H2. The van der Waals surface area contributed by atoms with Crippen molar-refractivity contribution in [2.24, 2.45) is 0 Å². The summed E-state index contributed by atoms with van der Waals surface area (Å²) in [5.74, 6) is 2.24. The summed E-state index contributed by atoms with van der Waals surface area (Å²) in [7, 11) is 0. The van der Waals surface area contributed by atoms with Gasteiger partial charge in [0.25, 0.3) is 5.91 Å². The van der Waals surface area contributed by atoms with Gasteiger partial charge in [-0.05, 0) is 31.0 Å². The van der Waals surface area contributed by atoms with Crippen LogP contribution in [-0.4, -0.2) is 51.9 Å². The van der Waals surface area contributed by atoms with Crippen molar-refractivity contribution in [3.05, 3.63) is 84.2 Å². The lowest BCUT2D eigenvalue weighted by atomic mass is 10.0. The van der Waals surface area contributed by atoms with Crippen LogP contribution < -0.4 is 4.90 Å². The van der Waals surface area contributed by atoms with Gasteiger partial charge in [-0.25, -0.2) is 9.97 Å². The van der Waals surface area contributed by atoms with Crippen LogP contribution in [0.1, 0.15) is 34.8 Å². The highest BCUT2D eigenvalue weighted by Gasteiger charge is 2.29. The second-order valence-electron chi connectivity index (χ2n) is 8.77. The number of para-hydroxylation sites is 1. The largest absolute Gasteiger partial charge is 0.353 e. The zero-order valence-electron chi connectivity index (χ0n) is 18.4. The molecule has 2 aliphatic rings. The van der Waals surface area contributed by atoms with E-state index in [2.05, 4.69) is 9.88 Å². The molecule has 0 atom stereocenters. The van der Waals surface area contributed by atoms with Crippen molar-refractivity contribution in [1.82, 2.24) is 19.9 Å². The van der Waals surface area contributed by atoms with Gasteiger partial charge >= 0.3 is 0 Å². The van der Waals surface area contributed by atoms with Crippen molar-refractivity contribution in [1.29, 1.82) is 0 Å². The summed E-state index contributed by atoms with van der Waals surface area (Å²) in [6.45, 7) is 2.82. The van der Waals surface area contributed by atoms with Gasteiger partial charge in [0.15, 0.2) is 5.82 Å². The number of fused-ring (bicyclic) bond motifs is 1. The fraction of sp³-hybridized carbons (Fsp3) is 0.259. The number of carbonyl (C=O) groups excluding carboxylic acids is 1. The minimum Gasteiger partial charge on any atom is -0.353 e. The molecule has 6 heteroatoms. The maximum Gasteiger partial charge on any atom is 0.254 e. The Hall–Kier alpha value is -3.80. The lowest BCUT2D eigenvalue weighted by Crippen LogP contribution is -2.49. The van der Waals surface area contributed by atoms with Gasteiger partial charge in [-0.3, -0.25) is 9.78 Å². The van der Waals surface area contributed by atoms with Crippen LogP contribution >= 0.6 is 0 Å². The van der Waals surface area contributed by atoms with Gasteiger partial charge in [0.1, 0.15) is 5.82 Å². The minimum atomic E-state index is 0.0998. The third-order valence-electron chi connectivity index (χ3n) is 6.53. The Morgan fingerprint density at radius 3 is 2.39 bits per heavy atom. The molecule has 6 nitrogen and oxygen atoms in total. The molecule has 1 aliphatic carbocycles. The highest BCUT2D eigenvalue weighted by Crippen LogP contribution is 2.40. The molecule has 0 spiro atoms. The predicted molar refractivity (Wildman–Crippen MR) is 129 cm³/mol. The highest BCUT2D eigenvalue weighted by molar-refractivity contribution is 6.06. The third kappa shape index (κ3) is 3.93. The molecule has 164 valence electrons. The summed E-state index contributed by atoms with van der Waals surface area (Å²) in [5, 5.41) is 0.942. The van der Waals surface area contributed by atoms with E-state index < -0.39 is 0 Å². The van der Waals surface area contributed by atoms with Crippen LogP contribution in [0.15, 0.2) is 72.9 Å². The number of hydrogen-bond acceptors (Lipinski definition) is 5. The van der Waals surface area contributed by atoms with Crippen molar-refractivity contribution in [3.8, 4) is 11.4 Å². The molecule has 0 unspecified atom stereocenters. The normalized spacial score (nSPS) is 16.2. The Labute approximate surface area is 192 Å². The smallest absolute Gasteiger partial charge is 0.254 e. The van der Waals surface area contributed by atoms with Crippen molar-refractivity contribution in [3.63, 3.8) is 0 Å². The van der Waals surface area contributed by atoms with Crippen LogP contribution in [0.5, 0.6) is 0 Å². The number of benzene rings is 2. The molecule has 1 saturated heterocycles. The second-order valence-corrected chi connectivity index (χ2v) is 8.77. The SMILES string of the molecule is O=C(c1cc(C2CC2)nc2ccccc12)N1CCN(c2ccnc(-c3ccccc3)n2)CC1. The van der Waals surface area contributed by atoms with Crippen molar-refractivity contribution >= 4 is 22.6 Å². The Morgan fingerprint density at radius 1 is 0.848 bits per heavy atom. The first kappa shape index (κ1) is 19.9. The topological polar surface area (TPSA) is 62.2 Å². The van der Waals surface area contributed by atoms with Crippen molar-refractivity contribution in [2.75, 3.05) is 31.1 Å². The molecular weight excluding hydrogens is 410 g/mol. The Kier molecular flexibility index (Phi) is 4.98. The number of hydrogen-bond donors (Lipinski definition) is 0. The first-order valence-corrected chi connectivity index (χ1v) is 11.6. The van der Waals surface area contributed by atoms with Gasteiger partial charge in [0.05, 0.1) is 11.1 Å². The number of anilines is 1. The van der Waals surface area contributed by atoms with E-state index in [4.69, 9.17) is 9.97 Å². The Bertz CT molecular complexity index is 1310. The van der Waals surface area contributed by atoms with Gasteiger partial charge in [0, 0.05) is 54.9 Å². The molecule has 6 rings (SSSR count). The lowest BCUT2D eigenvalue weighted by Gasteiger charge is -2.35. The predicted octanol–water partition coefficient (Wildman–Crippen LogP) is 4.53. The summed E-state index contributed by atoms with van der Waals surface area (Å²) in [6, 6.07) is 22.0. The van der Waals surface area contributed by atoms with Crippen molar-refractivity contribution in [2.45, 2.75) is 18.8 Å². The first-order chi connectivity index (χ1) is 16.3. The molecule has 1 aliphatic heterocycles. The van der Waals surface area contributed by atoms with Crippen LogP contribution in [0.3, 0.4) is 0 Å². The fourth-order valence-corrected chi connectivity index (χ4v) is 4.52. The molecule has 0 radical (unpaired) electrons. The van der Waals surface area contributed by atoms with E-state index in [0.717, 1.165) is 52.5 Å². The molecule has 2 aromatic heterocycles. The summed E-state index contributed by atoms with van der Waals surface area (Å²) in [5.41, 5.74) is 3.76. The zero-order valence-corrected chi connectivity index (χ0v) is 18.4.